The predicted octanol–water partition coefficient (Wildman–Crippen LogP) is 1.71. The number of rotatable bonds is 6. The van der Waals surface area contributed by atoms with E-state index in [0.29, 0.717) is 37.7 Å². The van der Waals surface area contributed by atoms with E-state index in [1.807, 2.05) is 4.90 Å². The van der Waals surface area contributed by atoms with Gasteiger partial charge in [-0.05, 0) is 39.0 Å². The van der Waals surface area contributed by atoms with E-state index in [4.69, 9.17) is 19.9 Å². The predicted molar refractivity (Wildman–Crippen MR) is 114 cm³/mol. The first-order valence-corrected chi connectivity index (χ1v) is 10.4. The second-order valence-corrected chi connectivity index (χ2v) is 8.68. The van der Waals surface area contributed by atoms with Crippen LogP contribution in [0.25, 0.3) is 0 Å². The average Bonchev–Trinajstić information content (AvgIpc) is 3.06. The van der Waals surface area contributed by atoms with Crippen molar-refractivity contribution in [2.24, 2.45) is 5.73 Å². The molecular weight excluding hydrogens is 423 g/mol. The lowest BCUT2D eigenvalue weighted by Crippen LogP contribution is -2.45. The molecule has 0 aliphatic carbocycles. The largest absolute Gasteiger partial charge is 0.444 e. The van der Waals surface area contributed by atoms with Gasteiger partial charge in [0, 0.05) is 13.1 Å². The molecule has 0 aromatic heterocycles. The Morgan fingerprint density at radius 2 is 1.97 bits per heavy atom. The fourth-order valence-corrected chi connectivity index (χ4v) is 3.52. The van der Waals surface area contributed by atoms with Crippen molar-refractivity contribution in [1.82, 2.24) is 4.90 Å². The lowest BCUT2D eigenvalue weighted by Gasteiger charge is -2.29. The maximum atomic E-state index is 14.7. The molecule has 2 heterocycles. The van der Waals surface area contributed by atoms with Gasteiger partial charge >= 0.3 is 12.2 Å². The number of carbonyl (C=O) groups is 3. The smallest absolute Gasteiger partial charge is 0.414 e. The highest BCUT2D eigenvalue weighted by Crippen LogP contribution is 2.28. The van der Waals surface area contributed by atoms with Gasteiger partial charge in [0.15, 0.2) is 0 Å². The fourth-order valence-electron chi connectivity index (χ4n) is 3.52. The zero-order valence-electron chi connectivity index (χ0n) is 18.5. The van der Waals surface area contributed by atoms with E-state index in [-0.39, 0.29) is 19.6 Å². The Kier molecular flexibility index (Phi) is 7.07. The van der Waals surface area contributed by atoms with Crippen LogP contribution in [-0.4, -0.2) is 80.6 Å². The summed E-state index contributed by atoms with van der Waals surface area (Å²) in [5, 5.41) is 0. The standard InChI is InChI=1S/C21H29FN4O6/c1-21(2,3)32-19(28)25(13-18(23)27)11-15-12-26(20(29)31-15)14-4-5-17(16(22)10-14)24-6-8-30-9-7-24/h4-5,10,15H,6-9,11-13H2,1-3H3,(H2,23,27)/t15-/m0/s1. The summed E-state index contributed by atoms with van der Waals surface area (Å²) in [6.07, 6.45) is -2.15. The molecule has 176 valence electrons. The molecule has 3 amide bonds. The van der Waals surface area contributed by atoms with E-state index in [2.05, 4.69) is 0 Å². The van der Waals surface area contributed by atoms with Crippen molar-refractivity contribution in [3.63, 3.8) is 0 Å². The minimum absolute atomic E-state index is 0.0766. The van der Waals surface area contributed by atoms with E-state index >= 15 is 0 Å². The van der Waals surface area contributed by atoms with Crippen LogP contribution in [0, 0.1) is 5.82 Å². The minimum atomic E-state index is -0.773. The van der Waals surface area contributed by atoms with Crippen LogP contribution in [0.1, 0.15) is 20.8 Å². The summed E-state index contributed by atoms with van der Waals surface area (Å²) < 4.78 is 30.7. The third-order valence-corrected chi connectivity index (χ3v) is 4.89. The number of amides is 3. The van der Waals surface area contributed by atoms with Gasteiger partial charge in [0.05, 0.1) is 37.7 Å². The Labute approximate surface area is 186 Å². The third kappa shape index (κ3) is 6.00. The number of hydrogen-bond donors (Lipinski definition) is 1. The normalized spacial score (nSPS) is 19.0. The molecule has 10 nitrogen and oxygen atoms in total. The molecule has 11 heteroatoms. The van der Waals surface area contributed by atoms with Crippen molar-refractivity contribution in [2.75, 3.05) is 55.7 Å². The Morgan fingerprint density at radius 1 is 1.28 bits per heavy atom. The SMILES string of the molecule is CC(C)(C)OC(=O)N(CC(N)=O)C[C@H]1CN(c2ccc(N3CCOCC3)c(F)c2)C(=O)O1. The fraction of sp³-hybridized carbons (Fsp3) is 0.571. The van der Waals surface area contributed by atoms with Crippen molar-refractivity contribution in [2.45, 2.75) is 32.5 Å². The summed E-state index contributed by atoms with van der Waals surface area (Å²) in [5.41, 5.74) is 5.26. The Hall–Kier alpha value is -3.08. The van der Waals surface area contributed by atoms with Gasteiger partial charge in [-0.15, -0.1) is 0 Å². The van der Waals surface area contributed by atoms with Crippen LogP contribution in [0.3, 0.4) is 0 Å². The molecule has 3 rings (SSSR count). The van der Waals surface area contributed by atoms with Crippen molar-refractivity contribution in [3.8, 4) is 0 Å². The number of cyclic esters (lactones) is 1. The monoisotopic (exact) mass is 452 g/mol. The summed E-state index contributed by atoms with van der Waals surface area (Å²) >= 11 is 0. The molecule has 2 aliphatic heterocycles. The lowest BCUT2D eigenvalue weighted by molar-refractivity contribution is -0.119. The van der Waals surface area contributed by atoms with Crippen molar-refractivity contribution >= 4 is 29.5 Å². The quantitative estimate of drug-likeness (QED) is 0.699. The molecule has 1 aromatic carbocycles. The molecule has 2 fully saturated rings. The van der Waals surface area contributed by atoms with E-state index in [1.165, 1.54) is 11.0 Å². The maximum absolute atomic E-state index is 14.7. The van der Waals surface area contributed by atoms with Gasteiger partial charge in [-0.3, -0.25) is 14.6 Å². The molecule has 0 unspecified atom stereocenters. The Bertz CT molecular complexity index is 868. The molecule has 1 aromatic rings. The van der Waals surface area contributed by atoms with Crippen LogP contribution in [0.2, 0.25) is 0 Å². The van der Waals surface area contributed by atoms with Crippen molar-refractivity contribution < 1.29 is 33.0 Å². The molecule has 32 heavy (non-hydrogen) atoms. The number of morpholine rings is 1. The number of benzene rings is 1. The van der Waals surface area contributed by atoms with Crippen molar-refractivity contribution in [1.29, 1.82) is 0 Å². The number of carbonyl (C=O) groups excluding carboxylic acids is 3. The second-order valence-electron chi connectivity index (χ2n) is 8.68. The topological polar surface area (TPSA) is 115 Å². The van der Waals surface area contributed by atoms with Gasteiger partial charge in [0.1, 0.15) is 24.1 Å². The van der Waals surface area contributed by atoms with Gasteiger partial charge in [-0.25, -0.2) is 14.0 Å². The molecule has 0 spiro atoms. The summed E-state index contributed by atoms with van der Waals surface area (Å²) in [4.78, 5) is 40.5. The number of primary amides is 1. The maximum Gasteiger partial charge on any atom is 0.414 e. The third-order valence-electron chi connectivity index (χ3n) is 4.89. The summed E-state index contributed by atoms with van der Waals surface area (Å²) in [6.45, 7) is 6.92. The lowest BCUT2D eigenvalue weighted by atomic mass is 10.2. The van der Waals surface area contributed by atoms with Crippen LogP contribution in [0.15, 0.2) is 18.2 Å². The number of hydrogen-bond acceptors (Lipinski definition) is 7. The number of ether oxygens (including phenoxy) is 3. The first kappa shape index (κ1) is 23.6. The minimum Gasteiger partial charge on any atom is -0.444 e. The molecule has 0 radical (unpaired) electrons. The van der Waals surface area contributed by atoms with Gasteiger partial charge in [-0.2, -0.15) is 0 Å². The number of nitrogens with two attached hydrogens (primary N) is 1. The average molecular weight is 452 g/mol. The Morgan fingerprint density at radius 3 is 2.56 bits per heavy atom. The van der Waals surface area contributed by atoms with E-state index in [0.717, 1.165) is 4.90 Å². The van der Waals surface area contributed by atoms with Gasteiger partial charge in [0.2, 0.25) is 5.91 Å². The summed E-state index contributed by atoms with van der Waals surface area (Å²) in [6, 6.07) is 4.55. The highest BCUT2D eigenvalue weighted by atomic mass is 19.1. The van der Waals surface area contributed by atoms with Crippen molar-refractivity contribution in [3.05, 3.63) is 24.0 Å². The highest BCUT2D eigenvalue weighted by Gasteiger charge is 2.36. The molecule has 2 saturated heterocycles. The van der Waals surface area contributed by atoms with E-state index < -0.39 is 35.6 Å². The van der Waals surface area contributed by atoms with E-state index in [1.54, 1.807) is 32.9 Å². The zero-order chi connectivity index (χ0) is 23.5. The van der Waals surface area contributed by atoms with E-state index in [9.17, 15) is 18.8 Å². The zero-order valence-corrected chi connectivity index (χ0v) is 18.5. The first-order valence-electron chi connectivity index (χ1n) is 10.4. The highest BCUT2D eigenvalue weighted by molar-refractivity contribution is 5.90. The van der Waals surface area contributed by atoms with Gasteiger partial charge < -0.3 is 24.8 Å². The summed E-state index contributed by atoms with van der Waals surface area (Å²) in [7, 11) is 0. The number of nitrogens with zero attached hydrogens (tertiary/aromatic N) is 3. The second kappa shape index (κ2) is 9.60. The summed E-state index contributed by atoms with van der Waals surface area (Å²) in [5.74, 6) is -1.18. The first-order chi connectivity index (χ1) is 15.0. The number of halogens is 1. The Balaban J connectivity index is 1.68. The van der Waals surface area contributed by atoms with Crippen LogP contribution in [0.4, 0.5) is 25.4 Å². The van der Waals surface area contributed by atoms with Gasteiger partial charge in [-0.1, -0.05) is 0 Å². The van der Waals surface area contributed by atoms with Crippen LogP contribution >= 0.6 is 0 Å². The van der Waals surface area contributed by atoms with Crippen LogP contribution in [0.5, 0.6) is 0 Å². The number of anilines is 2. The molecule has 1 atom stereocenters. The molecule has 2 aliphatic rings. The molecule has 0 saturated carbocycles. The van der Waals surface area contributed by atoms with Gasteiger partial charge in [0.25, 0.3) is 0 Å². The molecule has 0 bridgehead atoms. The van der Waals surface area contributed by atoms with Crippen LogP contribution in [-0.2, 0) is 19.0 Å². The van der Waals surface area contributed by atoms with Crippen LogP contribution < -0.4 is 15.5 Å². The molecule has 2 N–H and O–H groups in total. The molecular formula is C21H29FN4O6.